The Hall–Kier alpha value is -1.39. The number of hydrogen-bond acceptors (Lipinski definition) is 6. The normalized spacial score (nSPS) is 13.3. The fraction of sp³-hybridized carbons (Fsp3) is 0. The molecular formula is C2H6N4O5S. The molecule has 0 amide bonds. The number of hydrogen-bond donors (Lipinski definition) is 4. The molecule has 0 heterocycles. The van der Waals surface area contributed by atoms with E-state index in [0.29, 0.717) is 6.40 Å². The fourth-order valence-corrected chi connectivity index (χ4v) is 0.329. The first kappa shape index (κ1) is 10.6. The number of nitrogens with zero attached hydrogens (tertiary/aromatic N) is 2. The number of guanidine groups is 1. The Morgan fingerprint density at radius 1 is 1.67 bits per heavy atom. The van der Waals surface area contributed by atoms with Crippen LogP contribution < -0.4 is 11.2 Å². The van der Waals surface area contributed by atoms with Gasteiger partial charge in [-0.25, -0.2) is 5.48 Å². The van der Waals surface area contributed by atoms with Crippen LogP contribution in [0, 0.1) is 0 Å². The van der Waals surface area contributed by atoms with Crippen LogP contribution in [0.5, 0.6) is 0 Å². The van der Waals surface area contributed by atoms with Crippen molar-refractivity contribution in [1.29, 1.82) is 0 Å². The van der Waals surface area contributed by atoms with E-state index >= 15 is 0 Å². The van der Waals surface area contributed by atoms with E-state index in [1.165, 1.54) is 5.48 Å². The summed E-state index contributed by atoms with van der Waals surface area (Å²) < 4.78 is 31.2. The highest BCUT2D eigenvalue weighted by molar-refractivity contribution is 7.81. The highest BCUT2D eigenvalue weighted by Gasteiger charge is 1.98. The molecule has 0 fully saturated rings. The van der Waals surface area contributed by atoms with Crippen LogP contribution >= 0.6 is 0 Å². The Kier molecular flexibility index (Phi) is 3.96. The maximum atomic E-state index is 9.84. The number of rotatable bonds is 3. The summed E-state index contributed by atoms with van der Waals surface area (Å²) >= 11 is 0. The Morgan fingerprint density at radius 2 is 2.25 bits per heavy atom. The van der Waals surface area contributed by atoms with Crippen molar-refractivity contribution in [3.63, 3.8) is 0 Å². The van der Waals surface area contributed by atoms with E-state index in [4.69, 9.17) is 15.5 Å². The molecule has 5 N–H and O–H groups in total. The predicted octanol–water partition coefficient (Wildman–Crippen LogP) is -1.96. The van der Waals surface area contributed by atoms with Gasteiger partial charge in [-0.3, -0.25) is 9.76 Å². The average Bonchev–Trinajstić information content (AvgIpc) is 1.96. The lowest BCUT2D eigenvalue weighted by Gasteiger charge is -1.91. The molecule has 0 bridgehead atoms. The summed E-state index contributed by atoms with van der Waals surface area (Å²) in [5.41, 5.74) is 6.24. The molecule has 0 aromatic carbocycles. The molecule has 12 heavy (non-hydrogen) atoms. The van der Waals surface area contributed by atoms with E-state index in [0.717, 1.165) is 0 Å². The first-order chi connectivity index (χ1) is 5.45. The minimum atomic E-state index is -4.57. The molecule has 9 nitrogen and oxygen atoms in total. The summed E-state index contributed by atoms with van der Waals surface area (Å²) in [6.45, 7) is 0. The van der Waals surface area contributed by atoms with Gasteiger partial charge >= 0.3 is 10.4 Å². The molecule has 0 aromatic heterocycles. The summed E-state index contributed by atoms with van der Waals surface area (Å²) in [7, 11) is -4.57. The zero-order valence-corrected chi connectivity index (χ0v) is 6.39. The molecule has 0 spiro atoms. The number of nitrogens with one attached hydrogen (secondary N) is 1. The van der Waals surface area contributed by atoms with Gasteiger partial charge in [0.2, 0.25) is 12.4 Å². The molecule has 0 atom stereocenters. The van der Waals surface area contributed by atoms with Crippen molar-refractivity contribution in [2.24, 2.45) is 15.9 Å². The van der Waals surface area contributed by atoms with Gasteiger partial charge < -0.3 is 9.92 Å². The van der Waals surface area contributed by atoms with Gasteiger partial charge in [0.05, 0.1) is 0 Å². The minimum Gasteiger partial charge on any atom is -0.367 e. The molecule has 0 unspecified atom stereocenters. The largest absolute Gasteiger partial charge is 0.447 e. The van der Waals surface area contributed by atoms with E-state index in [1.807, 2.05) is 0 Å². The van der Waals surface area contributed by atoms with Crippen molar-refractivity contribution in [3.8, 4) is 0 Å². The summed E-state index contributed by atoms with van der Waals surface area (Å²) in [5, 5.41) is 13.8. The molecule has 0 rings (SSSR count). The Morgan fingerprint density at radius 3 is 2.67 bits per heavy atom. The van der Waals surface area contributed by atoms with E-state index in [2.05, 4.69) is 14.4 Å². The van der Waals surface area contributed by atoms with Crippen molar-refractivity contribution in [3.05, 3.63) is 0 Å². The number of hydroxylamine groups is 1. The summed E-state index contributed by atoms with van der Waals surface area (Å²) in [4.78, 5) is 0. The van der Waals surface area contributed by atoms with Gasteiger partial charge in [0, 0.05) is 0 Å². The van der Waals surface area contributed by atoms with Crippen LogP contribution in [0.2, 0.25) is 0 Å². The number of nitrogens with two attached hydrogens (primary N) is 1. The zero-order valence-electron chi connectivity index (χ0n) is 5.58. The SMILES string of the molecule is N/C(=N\N=C/OS(=O)(=O)O)NO. The van der Waals surface area contributed by atoms with Crippen LogP contribution in [0.3, 0.4) is 0 Å². The zero-order chi connectivity index (χ0) is 9.61. The second kappa shape index (κ2) is 4.48. The molecule has 0 radical (unpaired) electrons. The molecule has 0 aliphatic rings. The lowest BCUT2D eigenvalue weighted by atomic mass is 11.1. The monoisotopic (exact) mass is 198 g/mol. The van der Waals surface area contributed by atoms with Crippen molar-refractivity contribution < 1.29 is 22.4 Å². The van der Waals surface area contributed by atoms with E-state index in [9.17, 15) is 8.42 Å². The topological polar surface area (TPSA) is 147 Å². The molecule has 10 heteroatoms. The molecule has 70 valence electrons. The van der Waals surface area contributed by atoms with Gasteiger partial charge in [0.1, 0.15) is 0 Å². The first-order valence-electron chi connectivity index (χ1n) is 2.36. The van der Waals surface area contributed by atoms with E-state index in [1.54, 1.807) is 0 Å². The van der Waals surface area contributed by atoms with Crippen molar-refractivity contribution >= 4 is 22.8 Å². The standard InChI is InChI=1S/C2H6N4O5S/c3-2(6-7)5-4-1-11-12(8,9)10/h1,7H,(H3,3,5,6)(H,8,9,10)/b4-1-. The lowest BCUT2D eigenvalue weighted by Crippen LogP contribution is -2.27. The van der Waals surface area contributed by atoms with Crippen LogP contribution in [0.25, 0.3) is 0 Å². The summed E-state index contributed by atoms with van der Waals surface area (Å²) in [6.07, 6.45) is 0.319. The third kappa shape index (κ3) is 6.73. The molecule has 0 aromatic rings. The minimum absolute atomic E-state index is 0.319. The van der Waals surface area contributed by atoms with Crippen LogP contribution in [-0.4, -0.2) is 30.5 Å². The van der Waals surface area contributed by atoms with E-state index < -0.39 is 16.4 Å². The van der Waals surface area contributed by atoms with Gasteiger partial charge in [-0.2, -0.15) is 8.42 Å². The van der Waals surface area contributed by atoms with Gasteiger partial charge in [-0.05, 0) is 0 Å². The second-order valence-corrected chi connectivity index (χ2v) is 2.39. The third-order valence-electron chi connectivity index (χ3n) is 0.492. The maximum absolute atomic E-state index is 9.84. The van der Waals surface area contributed by atoms with Crippen LogP contribution in [0.1, 0.15) is 0 Å². The molecule has 0 saturated heterocycles. The van der Waals surface area contributed by atoms with Crippen LogP contribution in [0.4, 0.5) is 0 Å². The Balaban J connectivity index is 3.95. The molecule has 0 aliphatic heterocycles. The van der Waals surface area contributed by atoms with Crippen LogP contribution in [-0.2, 0) is 14.6 Å². The average molecular weight is 198 g/mol. The smallest absolute Gasteiger partial charge is 0.367 e. The first-order valence-corrected chi connectivity index (χ1v) is 3.73. The Labute approximate surface area is 67.5 Å². The predicted molar refractivity (Wildman–Crippen MR) is 37.7 cm³/mol. The van der Waals surface area contributed by atoms with Gasteiger partial charge in [0.25, 0.3) is 0 Å². The van der Waals surface area contributed by atoms with Gasteiger partial charge in [0.15, 0.2) is 0 Å². The third-order valence-corrected chi connectivity index (χ3v) is 0.821. The highest BCUT2D eigenvalue weighted by Crippen LogP contribution is 1.80. The van der Waals surface area contributed by atoms with E-state index in [-0.39, 0.29) is 0 Å². The molecular weight excluding hydrogens is 192 g/mol. The quantitative estimate of drug-likeness (QED) is 0.178. The Bertz CT molecular complexity index is 280. The van der Waals surface area contributed by atoms with Gasteiger partial charge in [-0.15, -0.1) is 10.2 Å². The van der Waals surface area contributed by atoms with Crippen molar-refractivity contribution in [1.82, 2.24) is 5.48 Å². The summed E-state index contributed by atoms with van der Waals surface area (Å²) in [5.74, 6) is -0.467. The maximum Gasteiger partial charge on any atom is 0.447 e. The second-order valence-electron chi connectivity index (χ2n) is 1.34. The van der Waals surface area contributed by atoms with Crippen molar-refractivity contribution in [2.75, 3.05) is 0 Å². The molecule has 0 saturated carbocycles. The fourth-order valence-electron chi connectivity index (χ4n) is 0.182. The highest BCUT2D eigenvalue weighted by atomic mass is 32.3. The molecule has 0 aliphatic carbocycles. The van der Waals surface area contributed by atoms with Crippen LogP contribution in [0.15, 0.2) is 10.2 Å². The summed E-state index contributed by atoms with van der Waals surface area (Å²) in [6, 6.07) is 0. The van der Waals surface area contributed by atoms with Crippen molar-refractivity contribution in [2.45, 2.75) is 0 Å². The van der Waals surface area contributed by atoms with Gasteiger partial charge in [-0.1, -0.05) is 0 Å². The lowest BCUT2D eigenvalue weighted by molar-refractivity contribution is 0.232.